The van der Waals surface area contributed by atoms with Crippen LogP contribution in [-0.2, 0) is 21.3 Å². The van der Waals surface area contributed by atoms with Crippen molar-refractivity contribution in [2.45, 2.75) is 74.5 Å². The third kappa shape index (κ3) is 2.37. The van der Waals surface area contributed by atoms with E-state index in [1.165, 1.54) is 63.6 Å². The number of hydrogen-bond donors (Lipinski definition) is 0. The number of nitrogens with zero attached hydrogens (tertiary/aromatic N) is 2. The highest BCUT2D eigenvalue weighted by atomic mass is 16.5. The molecule has 4 heterocycles. The molecule has 2 saturated carbocycles. The Balaban J connectivity index is 1.35. The normalized spacial score (nSPS) is 43.3. The van der Waals surface area contributed by atoms with Gasteiger partial charge in [0.2, 0.25) is 0 Å². The van der Waals surface area contributed by atoms with Crippen molar-refractivity contribution in [2.75, 3.05) is 46.0 Å². The number of fused-ring (bicyclic) bond motifs is 3. The van der Waals surface area contributed by atoms with Gasteiger partial charge in [0.25, 0.3) is 0 Å². The first-order valence-electron chi connectivity index (χ1n) is 12.5. The Morgan fingerprint density at radius 2 is 1.93 bits per heavy atom. The van der Waals surface area contributed by atoms with Crippen LogP contribution in [0.4, 0.5) is 0 Å². The van der Waals surface area contributed by atoms with Crippen LogP contribution in [0.15, 0.2) is 18.2 Å². The van der Waals surface area contributed by atoms with Crippen molar-refractivity contribution in [1.29, 1.82) is 0 Å². The fourth-order valence-corrected chi connectivity index (χ4v) is 8.24. The number of piperidine rings is 1. The van der Waals surface area contributed by atoms with Gasteiger partial charge >= 0.3 is 0 Å². The van der Waals surface area contributed by atoms with E-state index in [1.54, 1.807) is 11.1 Å². The molecule has 4 saturated heterocycles. The second-order valence-electron chi connectivity index (χ2n) is 11.3. The maximum atomic E-state index is 7.19. The second-order valence-corrected chi connectivity index (χ2v) is 11.3. The molecule has 1 spiro atoms. The summed E-state index contributed by atoms with van der Waals surface area (Å²) in [6.07, 6.45) is 9.20. The van der Waals surface area contributed by atoms with Crippen LogP contribution in [0, 0.1) is 12.8 Å². The first-order valence-corrected chi connectivity index (χ1v) is 12.5. The summed E-state index contributed by atoms with van der Waals surface area (Å²) >= 11 is 0. The Labute approximate surface area is 180 Å². The van der Waals surface area contributed by atoms with Gasteiger partial charge in [0.15, 0.2) is 0 Å². The van der Waals surface area contributed by atoms with Gasteiger partial charge in [-0.3, -0.25) is 9.80 Å². The van der Waals surface area contributed by atoms with Gasteiger partial charge in [-0.2, -0.15) is 0 Å². The standard InChI is InChI=1S/C26H36N2O2/c1-19-2-5-21-15-23-26-7-6-24(18-30-26,28-10-12-29-13-11-28)17-25(26,22(21)14-19)8-9-27(23)16-20-3-4-20/h2,5,14,20,23H,3-4,6-13,15-18H2,1H3/t23-,24+,25-,26-/m1/s1. The Morgan fingerprint density at radius 1 is 1.07 bits per heavy atom. The fourth-order valence-electron chi connectivity index (χ4n) is 8.24. The molecular weight excluding hydrogens is 372 g/mol. The number of aryl methyl sites for hydroxylation is 1. The molecule has 30 heavy (non-hydrogen) atoms. The highest BCUT2D eigenvalue weighted by Crippen LogP contribution is 2.65. The summed E-state index contributed by atoms with van der Waals surface area (Å²) in [5.74, 6) is 0.952. The van der Waals surface area contributed by atoms with Crippen LogP contribution >= 0.6 is 0 Å². The maximum absolute atomic E-state index is 7.19. The lowest BCUT2D eigenvalue weighted by Gasteiger charge is -2.73. The SMILES string of the molecule is Cc1ccc2c(c1)[C@]13CCN(CC4CC4)[C@H](C2)[C@]12CC[C@@](N1CCOCC1)(CO2)C3. The van der Waals surface area contributed by atoms with Crippen LogP contribution in [0.25, 0.3) is 0 Å². The summed E-state index contributed by atoms with van der Waals surface area (Å²) in [6.45, 7) is 9.69. The summed E-state index contributed by atoms with van der Waals surface area (Å²) in [7, 11) is 0. The molecule has 0 unspecified atom stereocenters. The summed E-state index contributed by atoms with van der Waals surface area (Å²) in [5, 5.41) is 0. The van der Waals surface area contributed by atoms with E-state index in [9.17, 15) is 0 Å². The molecule has 162 valence electrons. The van der Waals surface area contributed by atoms with Gasteiger partial charge in [-0.1, -0.05) is 23.8 Å². The van der Waals surface area contributed by atoms with E-state index in [0.717, 1.165) is 38.8 Å². The molecule has 0 amide bonds. The molecule has 4 heteroatoms. The van der Waals surface area contributed by atoms with Crippen molar-refractivity contribution < 1.29 is 9.47 Å². The number of hydrogen-bond acceptors (Lipinski definition) is 4. The highest BCUT2D eigenvalue weighted by Gasteiger charge is 2.72. The van der Waals surface area contributed by atoms with Gasteiger partial charge in [0, 0.05) is 36.6 Å². The lowest BCUT2D eigenvalue weighted by atomic mass is 9.45. The fraction of sp³-hybridized carbons (Fsp3) is 0.769. The van der Waals surface area contributed by atoms with Crippen molar-refractivity contribution >= 4 is 0 Å². The molecule has 0 N–H and O–H groups in total. The summed E-state index contributed by atoms with van der Waals surface area (Å²) in [6, 6.07) is 7.91. The summed E-state index contributed by atoms with van der Waals surface area (Å²) in [5.41, 5.74) is 5.14. The van der Waals surface area contributed by atoms with Crippen molar-refractivity contribution in [1.82, 2.24) is 9.80 Å². The molecule has 1 aromatic rings. The minimum absolute atomic E-state index is 0.0367. The van der Waals surface area contributed by atoms with E-state index in [2.05, 4.69) is 34.9 Å². The van der Waals surface area contributed by atoms with Gasteiger partial charge in [0.05, 0.1) is 25.4 Å². The maximum Gasteiger partial charge on any atom is 0.0938 e. The van der Waals surface area contributed by atoms with Crippen molar-refractivity contribution in [3.63, 3.8) is 0 Å². The van der Waals surface area contributed by atoms with Gasteiger partial charge in [-0.05, 0) is 75.5 Å². The zero-order valence-corrected chi connectivity index (χ0v) is 18.5. The Bertz CT molecular complexity index is 851. The van der Waals surface area contributed by atoms with E-state index in [0.29, 0.717) is 6.04 Å². The average Bonchev–Trinajstić information content (AvgIpc) is 3.61. The van der Waals surface area contributed by atoms with E-state index in [-0.39, 0.29) is 16.6 Å². The monoisotopic (exact) mass is 408 g/mol. The third-order valence-corrected chi connectivity index (χ3v) is 9.87. The zero-order valence-electron chi connectivity index (χ0n) is 18.5. The van der Waals surface area contributed by atoms with Crippen LogP contribution < -0.4 is 0 Å². The first kappa shape index (κ1) is 18.6. The predicted octanol–water partition coefficient (Wildman–Crippen LogP) is 3.30. The number of rotatable bonds is 3. The third-order valence-electron chi connectivity index (χ3n) is 9.87. The largest absolute Gasteiger partial charge is 0.379 e. The molecule has 0 radical (unpaired) electrons. The number of likely N-dealkylation sites (tertiary alicyclic amines) is 1. The lowest BCUT2D eigenvalue weighted by Crippen LogP contribution is -2.81. The Hall–Kier alpha value is -0.940. The highest BCUT2D eigenvalue weighted by molar-refractivity contribution is 5.48. The van der Waals surface area contributed by atoms with E-state index in [1.807, 2.05) is 0 Å². The average molecular weight is 409 g/mol. The number of ether oxygens (including phenoxy) is 2. The molecule has 0 aromatic heterocycles. The molecule has 8 rings (SSSR count). The van der Waals surface area contributed by atoms with Crippen LogP contribution in [-0.4, -0.2) is 73.0 Å². The molecule has 1 aromatic carbocycles. The second kappa shape index (κ2) is 6.31. The number of morpholine rings is 1. The molecule has 3 aliphatic carbocycles. The van der Waals surface area contributed by atoms with Crippen molar-refractivity contribution in [3.8, 4) is 0 Å². The van der Waals surface area contributed by atoms with Crippen molar-refractivity contribution in [3.05, 3.63) is 34.9 Å². The molecular formula is C26H36N2O2. The molecule has 4 aliphatic heterocycles. The first-order chi connectivity index (χ1) is 14.6. The Morgan fingerprint density at radius 3 is 2.70 bits per heavy atom. The molecule has 7 aliphatic rings. The van der Waals surface area contributed by atoms with Crippen LogP contribution in [0.3, 0.4) is 0 Å². The van der Waals surface area contributed by atoms with Crippen molar-refractivity contribution in [2.24, 2.45) is 5.92 Å². The number of benzene rings is 1. The molecule has 4 bridgehead atoms. The van der Waals surface area contributed by atoms with Crippen LogP contribution in [0.5, 0.6) is 0 Å². The quantitative estimate of drug-likeness (QED) is 0.766. The zero-order chi connectivity index (χ0) is 20.0. The van der Waals surface area contributed by atoms with Gasteiger partial charge < -0.3 is 9.47 Å². The van der Waals surface area contributed by atoms with E-state index in [4.69, 9.17) is 9.47 Å². The van der Waals surface area contributed by atoms with Gasteiger partial charge in [-0.25, -0.2) is 0 Å². The predicted molar refractivity (Wildman–Crippen MR) is 117 cm³/mol. The minimum Gasteiger partial charge on any atom is -0.379 e. The van der Waals surface area contributed by atoms with Gasteiger partial charge in [0.1, 0.15) is 0 Å². The van der Waals surface area contributed by atoms with Crippen LogP contribution in [0.1, 0.15) is 55.2 Å². The molecule has 4 atom stereocenters. The van der Waals surface area contributed by atoms with Gasteiger partial charge in [-0.15, -0.1) is 0 Å². The minimum atomic E-state index is 0.0367. The van der Waals surface area contributed by atoms with E-state index >= 15 is 0 Å². The van der Waals surface area contributed by atoms with Crippen LogP contribution in [0.2, 0.25) is 0 Å². The smallest absolute Gasteiger partial charge is 0.0938 e. The topological polar surface area (TPSA) is 24.9 Å². The molecule has 6 fully saturated rings. The summed E-state index contributed by atoms with van der Waals surface area (Å²) in [4.78, 5) is 5.62. The molecule has 4 nitrogen and oxygen atoms in total. The summed E-state index contributed by atoms with van der Waals surface area (Å²) < 4.78 is 12.9. The van der Waals surface area contributed by atoms with E-state index < -0.39 is 0 Å². The lowest BCUT2D eigenvalue weighted by molar-refractivity contribution is -0.284. The Kier molecular flexibility index (Phi) is 3.92.